The highest BCUT2D eigenvalue weighted by Gasteiger charge is 2.11. The standard InChI is InChI=1S/C13H13ClFN3/c1-7-5-4-6-10(15)11(7)18-13-12(14)16-8(2)9(3)17-13/h4-6H,1-3H3,(H,17,18). The van der Waals surface area contributed by atoms with Crippen LogP contribution in [0.2, 0.25) is 5.15 Å². The molecule has 1 heterocycles. The lowest BCUT2D eigenvalue weighted by Gasteiger charge is -2.12. The molecule has 2 rings (SSSR count). The lowest BCUT2D eigenvalue weighted by molar-refractivity contribution is 0.630. The van der Waals surface area contributed by atoms with Gasteiger partial charge in [0, 0.05) is 0 Å². The van der Waals surface area contributed by atoms with Crippen LogP contribution in [0.5, 0.6) is 0 Å². The second kappa shape index (κ2) is 4.90. The van der Waals surface area contributed by atoms with Crippen molar-refractivity contribution in [3.05, 3.63) is 46.1 Å². The average molecular weight is 266 g/mol. The van der Waals surface area contributed by atoms with E-state index in [4.69, 9.17) is 11.6 Å². The normalized spacial score (nSPS) is 10.5. The summed E-state index contributed by atoms with van der Waals surface area (Å²) in [4.78, 5) is 8.42. The number of anilines is 2. The van der Waals surface area contributed by atoms with Crippen LogP contribution in [-0.2, 0) is 0 Å². The fraction of sp³-hybridized carbons (Fsp3) is 0.231. The molecule has 0 aliphatic rings. The molecule has 1 N–H and O–H groups in total. The summed E-state index contributed by atoms with van der Waals surface area (Å²) in [5.74, 6) is 0.0269. The van der Waals surface area contributed by atoms with Crippen molar-refractivity contribution in [3.8, 4) is 0 Å². The third-order valence-corrected chi connectivity index (χ3v) is 2.99. The SMILES string of the molecule is Cc1cccc(F)c1Nc1nc(C)c(C)nc1Cl. The third kappa shape index (κ3) is 2.43. The number of hydrogen-bond acceptors (Lipinski definition) is 3. The molecule has 5 heteroatoms. The van der Waals surface area contributed by atoms with Crippen molar-refractivity contribution in [3.63, 3.8) is 0 Å². The molecule has 0 amide bonds. The predicted octanol–water partition coefficient (Wildman–Crippen LogP) is 3.94. The van der Waals surface area contributed by atoms with Gasteiger partial charge in [0.15, 0.2) is 11.0 Å². The Morgan fingerprint density at radius 2 is 1.78 bits per heavy atom. The van der Waals surface area contributed by atoms with E-state index in [1.165, 1.54) is 6.07 Å². The van der Waals surface area contributed by atoms with Gasteiger partial charge in [-0.2, -0.15) is 0 Å². The van der Waals surface area contributed by atoms with Gasteiger partial charge in [-0.05, 0) is 32.4 Å². The van der Waals surface area contributed by atoms with Crippen LogP contribution in [0, 0.1) is 26.6 Å². The van der Waals surface area contributed by atoms with Gasteiger partial charge < -0.3 is 5.32 Å². The van der Waals surface area contributed by atoms with Crippen LogP contribution in [-0.4, -0.2) is 9.97 Å². The zero-order valence-corrected chi connectivity index (χ0v) is 11.1. The van der Waals surface area contributed by atoms with E-state index in [1.807, 2.05) is 26.8 Å². The zero-order valence-electron chi connectivity index (χ0n) is 10.4. The van der Waals surface area contributed by atoms with Crippen LogP contribution >= 0.6 is 11.6 Å². The Bertz CT molecular complexity index is 579. The van der Waals surface area contributed by atoms with Crippen LogP contribution in [0.3, 0.4) is 0 Å². The average Bonchev–Trinajstić information content (AvgIpc) is 2.30. The first kappa shape index (κ1) is 12.8. The minimum atomic E-state index is -0.342. The van der Waals surface area contributed by atoms with E-state index in [0.29, 0.717) is 11.5 Å². The molecule has 0 unspecified atom stereocenters. The Kier molecular flexibility index (Phi) is 3.48. The number of aryl methyl sites for hydroxylation is 3. The molecule has 0 saturated heterocycles. The molecule has 1 aromatic carbocycles. The van der Waals surface area contributed by atoms with Gasteiger partial charge in [-0.15, -0.1) is 0 Å². The van der Waals surface area contributed by atoms with E-state index in [9.17, 15) is 4.39 Å². The van der Waals surface area contributed by atoms with E-state index in [0.717, 1.165) is 17.0 Å². The number of hydrogen-bond donors (Lipinski definition) is 1. The first-order valence-electron chi connectivity index (χ1n) is 5.52. The van der Waals surface area contributed by atoms with Crippen LogP contribution < -0.4 is 5.32 Å². The molecule has 0 atom stereocenters. The molecule has 94 valence electrons. The van der Waals surface area contributed by atoms with E-state index in [-0.39, 0.29) is 11.0 Å². The Balaban J connectivity index is 2.43. The van der Waals surface area contributed by atoms with E-state index in [2.05, 4.69) is 15.3 Å². The van der Waals surface area contributed by atoms with Crippen molar-refractivity contribution in [2.24, 2.45) is 0 Å². The highest BCUT2D eigenvalue weighted by Crippen LogP contribution is 2.26. The maximum Gasteiger partial charge on any atom is 0.172 e. The molecule has 3 nitrogen and oxygen atoms in total. The summed E-state index contributed by atoms with van der Waals surface area (Å²) >= 11 is 6.00. The second-order valence-corrected chi connectivity index (χ2v) is 4.45. The van der Waals surface area contributed by atoms with Crippen LogP contribution in [0.1, 0.15) is 17.0 Å². The highest BCUT2D eigenvalue weighted by molar-refractivity contribution is 6.31. The van der Waals surface area contributed by atoms with E-state index >= 15 is 0 Å². The summed E-state index contributed by atoms with van der Waals surface area (Å²) in [5.41, 5.74) is 2.68. The lowest BCUT2D eigenvalue weighted by Crippen LogP contribution is -2.03. The number of rotatable bonds is 2. The molecular formula is C13H13ClFN3. The summed E-state index contributed by atoms with van der Waals surface area (Å²) in [6, 6.07) is 4.86. The molecule has 2 aromatic rings. The quantitative estimate of drug-likeness (QED) is 0.894. The first-order valence-corrected chi connectivity index (χ1v) is 5.89. The van der Waals surface area contributed by atoms with Crippen molar-refractivity contribution < 1.29 is 4.39 Å². The van der Waals surface area contributed by atoms with Gasteiger partial charge in [0.05, 0.1) is 17.1 Å². The second-order valence-electron chi connectivity index (χ2n) is 4.09. The first-order chi connectivity index (χ1) is 8.49. The van der Waals surface area contributed by atoms with Crippen LogP contribution in [0.15, 0.2) is 18.2 Å². The predicted molar refractivity (Wildman–Crippen MR) is 70.9 cm³/mol. The minimum Gasteiger partial charge on any atom is -0.335 e. The van der Waals surface area contributed by atoms with Crippen molar-refractivity contribution in [1.82, 2.24) is 9.97 Å². The third-order valence-electron chi connectivity index (χ3n) is 2.73. The van der Waals surface area contributed by atoms with E-state index < -0.39 is 0 Å². The molecule has 0 aliphatic heterocycles. The number of nitrogens with one attached hydrogen (secondary N) is 1. The number of para-hydroxylation sites is 1. The summed E-state index contributed by atoms with van der Waals surface area (Å²) in [6.07, 6.45) is 0. The largest absolute Gasteiger partial charge is 0.335 e. The van der Waals surface area contributed by atoms with Gasteiger partial charge in [0.1, 0.15) is 5.82 Å². The number of halogens is 2. The summed E-state index contributed by atoms with van der Waals surface area (Å²) < 4.78 is 13.7. The van der Waals surface area contributed by atoms with E-state index in [1.54, 1.807) is 6.07 Å². The van der Waals surface area contributed by atoms with Gasteiger partial charge in [0.2, 0.25) is 0 Å². The summed E-state index contributed by atoms with van der Waals surface area (Å²) in [7, 11) is 0. The molecule has 0 fully saturated rings. The summed E-state index contributed by atoms with van der Waals surface area (Å²) in [6.45, 7) is 5.47. The number of aromatic nitrogens is 2. The maximum absolute atomic E-state index is 13.7. The molecule has 0 aliphatic carbocycles. The molecule has 0 spiro atoms. The molecule has 0 saturated carbocycles. The molecule has 18 heavy (non-hydrogen) atoms. The topological polar surface area (TPSA) is 37.8 Å². The highest BCUT2D eigenvalue weighted by atomic mass is 35.5. The van der Waals surface area contributed by atoms with Gasteiger partial charge in [0.25, 0.3) is 0 Å². The molecular weight excluding hydrogens is 253 g/mol. The fourth-order valence-corrected chi connectivity index (χ4v) is 1.78. The number of nitrogens with zero attached hydrogens (tertiary/aromatic N) is 2. The lowest BCUT2D eigenvalue weighted by atomic mass is 10.2. The van der Waals surface area contributed by atoms with Crippen molar-refractivity contribution in [2.75, 3.05) is 5.32 Å². The molecule has 0 radical (unpaired) electrons. The van der Waals surface area contributed by atoms with Gasteiger partial charge in [-0.1, -0.05) is 23.7 Å². The van der Waals surface area contributed by atoms with Crippen molar-refractivity contribution in [1.29, 1.82) is 0 Å². The van der Waals surface area contributed by atoms with Crippen molar-refractivity contribution in [2.45, 2.75) is 20.8 Å². The Hall–Kier alpha value is -1.68. The fourth-order valence-electron chi connectivity index (χ4n) is 1.56. The summed E-state index contributed by atoms with van der Waals surface area (Å²) in [5, 5.41) is 3.13. The van der Waals surface area contributed by atoms with Crippen molar-refractivity contribution >= 4 is 23.1 Å². The monoisotopic (exact) mass is 265 g/mol. The zero-order chi connectivity index (χ0) is 13.3. The van der Waals surface area contributed by atoms with Crippen LogP contribution in [0.4, 0.5) is 15.9 Å². The molecule has 0 bridgehead atoms. The maximum atomic E-state index is 13.7. The molecule has 1 aromatic heterocycles. The Morgan fingerprint density at radius 3 is 2.44 bits per heavy atom. The van der Waals surface area contributed by atoms with Crippen LogP contribution in [0.25, 0.3) is 0 Å². The minimum absolute atomic E-state index is 0.237. The van der Waals surface area contributed by atoms with Gasteiger partial charge >= 0.3 is 0 Å². The smallest absolute Gasteiger partial charge is 0.172 e. The Morgan fingerprint density at radius 1 is 1.11 bits per heavy atom. The number of benzene rings is 1. The van der Waals surface area contributed by atoms with Gasteiger partial charge in [-0.3, -0.25) is 0 Å². The van der Waals surface area contributed by atoms with Gasteiger partial charge in [-0.25, -0.2) is 14.4 Å². The Labute approximate surface area is 110 Å².